The van der Waals surface area contributed by atoms with Crippen LogP contribution in [0.15, 0.2) is 27.9 Å². The van der Waals surface area contributed by atoms with Gasteiger partial charge in [0.2, 0.25) is 5.91 Å². The summed E-state index contributed by atoms with van der Waals surface area (Å²) in [6.45, 7) is 3.84. The van der Waals surface area contributed by atoms with Crippen LogP contribution in [0.2, 0.25) is 0 Å². The van der Waals surface area contributed by atoms with E-state index in [1.165, 1.54) is 0 Å². The van der Waals surface area contributed by atoms with E-state index in [1.807, 2.05) is 19.9 Å². The molecule has 0 atom stereocenters. The third-order valence-corrected chi connectivity index (χ3v) is 2.33. The van der Waals surface area contributed by atoms with Crippen LogP contribution in [0.1, 0.15) is 33.1 Å². The van der Waals surface area contributed by atoms with Gasteiger partial charge in [0.15, 0.2) is 0 Å². The summed E-state index contributed by atoms with van der Waals surface area (Å²) in [4.78, 5) is 15.4. The minimum absolute atomic E-state index is 0.000292. The van der Waals surface area contributed by atoms with Gasteiger partial charge in [0.25, 0.3) is 0 Å². The second-order valence-corrected chi connectivity index (χ2v) is 3.90. The van der Waals surface area contributed by atoms with Gasteiger partial charge in [0, 0.05) is 23.2 Å². The number of carbonyl (C=O) groups is 1. The smallest absolute Gasteiger partial charge is 0.225 e. The first-order chi connectivity index (χ1) is 7.15. The van der Waals surface area contributed by atoms with Gasteiger partial charge in [0.1, 0.15) is 5.84 Å². The minimum Gasteiger partial charge on any atom is -0.310 e. The molecule has 1 saturated heterocycles. The molecule has 1 fully saturated rings. The zero-order chi connectivity index (χ0) is 11.3. The van der Waals surface area contributed by atoms with Crippen molar-refractivity contribution >= 4 is 23.3 Å². The molecule has 0 unspecified atom stereocenters. The first kappa shape index (κ1) is 12.0. The van der Waals surface area contributed by atoms with E-state index in [0.29, 0.717) is 23.7 Å². The summed E-state index contributed by atoms with van der Waals surface area (Å²) in [5.74, 6) is 0.587. The molecule has 4 heteroatoms. The van der Waals surface area contributed by atoms with Crippen LogP contribution >= 0.6 is 11.6 Å². The quantitative estimate of drug-likeness (QED) is 0.773. The number of nitrogens with one attached hydrogen (secondary N) is 1. The molecule has 3 nitrogen and oxygen atoms in total. The summed E-state index contributed by atoms with van der Waals surface area (Å²) in [6, 6.07) is 0. The van der Waals surface area contributed by atoms with Crippen molar-refractivity contribution in [1.29, 1.82) is 0 Å². The Labute approximate surface area is 94.9 Å². The fraction of sp³-hybridized carbons (Fsp3) is 0.455. The number of nitrogens with zero attached hydrogens (tertiary/aromatic N) is 1. The number of hydrogen-bond acceptors (Lipinski definition) is 2. The number of allylic oxidation sites excluding steroid dienone is 2. The van der Waals surface area contributed by atoms with Crippen molar-refractivity contribution in [2.24, 2.45) is 4.99 Å². The van der Waals surface area contributed by atoms with Crippen LogP contribution in [0.5, 0.6) is 0 Å². The van der Waals surface area contributed by atoms with Gasteiger partial charge in [-0.25, -0.2) is 4.99 Å². The van der Waals surface area contributed by atoms with Crippen molar-refractivity contribution < 1.29 is 4.79 Å². The SMILES string of the molecule is CC/C=C/N=C1\NC(=O)CC\C1=C(\C)Cl. The molecule has 1 aliphatic rings. The third kappa shape index (κ3) is 3.51. The molecule has 0 aliphatic carbocycles. The number of piperidine rings is 1. The molecule has 15 heavy (non-hydrogen) atoms. The molecular weight excluding hydrogens is 212 g/mol. The Kier molecular flexibility index (Phi) is 4.56. The van der Waals surface area contributed by atoms with Crippen molar-refractivity contribution in [1.82, 2.24) is 5.32 Å². The zero-order valence-electron chi connectivity index (χ0n) is 9.01. The molecule has 0 aromatic rings. The van der Waals surface area contributed by atoms with Crippen LogP contribution in [0.25, 0.3) is 0 Å². The lowest BCUT2D eigenvalue weighted by atomic mass is 10.0. The van der Waals surface area contributed by atoms with Crippen LogP contribution in [-0.2, 0) is 4.79 Å². The highest BCUT2D eigenvalue weighted by Gasteiger charge is 2.19. The van der Waals surface area contributed by atoms with Crippen LogP contribution in [0, 0.1) is 0 Å². The highest BCUT2D eigenvalue weighted by Crippen LogP contribution is 2.19. The van der Waals surface area contributed by atoms with Gasteiger partial charge in [-0.3, -0.25) is 4.79 Å². The molecule has 0 spiro atoms. The Bertz CT molecular complexity index is 338. The number of aliphatic imine (C=N–C) groups is 1. The average molecular weight is 227 g/mol. The average Bonchev–Trinajstić information content (AvgIpc) is 2.18. The maximum atomic E-state index is 11.2. The zero-order valence-corrected chi connectivity index (χ0v) is 9.77. The summed E-state index contributed by atoms with van der Waals surface area (Å²) in [6.07, 6.45) is 5.69. The van der Waals surface area contributed by atoms with E-state index in [1.54, 1.807) is 6.20 Å². The number of halogens is 1. The monoisotopic (exact) mass is 226 g/mol. The van der Waals surface area contributed by atoms with E-state index < -0.39 is 0 Å². The number of amides is 1. The van der Waals surface area contributed by atoms with Crippen LogP contribution in [-0.4, -0.2) is 11.7 Å². The molecule has 1 N–H and O–H groups in total. The van der Waals surface area contributed by atoms with Gasteiger partial charge in [-0.2, -0.15) is 0 Å². The number of rotatable bonds is 2. The van der Waals surface area contributed by atoms with E-state index in [9.17, 15) is 4.79 Å². The predicted molar refractivity (Wildman–Crippen MR) is 62.8 cm³/mol. The molecule has 82 valence electrons. The molecule has 0 aromatic heterocycles. The van der Waals surface area contributed by atoms with Gasteiger partial charge < -0.3 is 5.32 Å². The molecule has 0 radical (unpaired) electrons. The Morgan fingerprint density at radius 3 is 2.93 bits per heavy atom. The number of amidine groups is 1. The lowest BCUT2D eigenvalue weighted by Crippen LogP contribution is -2.36. The summed E-state index contributed by atoms with van der Waals surface area (Å²) in [7, 11) is 0. The number of carbonyl (C=O) groups excluding carboxylic acids is 1. The Hall–Kier alpha value is -1.09. The van der Waals surface area contributed by atoms with Crippen molar-refractivity contribution in [2.45, 2.75) is 33.1 Å². The maximum absolute atomic E-state index is 11.2. The van der Waals surface area contributed by atoms with E-state index in [0.717, 1.165) is 12.0 Å². The Balaban J connectivity index is 2.89. The third-order valence-electron chi connectivity index (χ3n) is 2.11. The topological polar surface area (TPSA) is 41.5 Å². The normalized spacial score (nSPS) is 23.4. The van der Waals surface area contributed by atoms with Crippen molar-refractivity contribution in [2.75, 3.05) is 0 Å². The maximum Gasteiger partial charge on any atom is 0.225 e. The molecule has 1 rings (SSSR count). The molecule has 0 saturated carbocycles. The van der Waals surface area contributed by atoms with Crippen LogP contribution < -0.4 is 5.32 Å². The summed E-state index contributed by atoms with van der Waals surface area (Å²) in [5, 5.41) is 3.42. The molecule has 1 amide bonds. The molecule has 0 aromatic carbocycles. The van der Waals surface area contributed by atoms with E-state index >= 15 is 0 Å². The predicted octanol–water partition coefficient (Wildman–Crippen LogP) is 2.73. The summed E-state index contributed by atoms with van der Waals surface area (Å²) < 4.78 is 0. The Morgan fingerprint density at radius 1 is 1.60 bits per heavy atom. The lowest BCUT2D eigenvalue weighted by molar-refractivity contribution is -0.119. The van der Waals surface area contributed by atoms with Crippen molar-refractivity contribution in [3.8, 4) is 0 Å². The standard InChI is InChI=1S/C11H15ClN2O/c1-3-4-7-13-11-9(8(2)12)5-6-10(15)14-11/h4,7H,3,5-6H2,1-2H3,(H,13,14,15)/b7-4+,9-8+. The second kappa shape index (κ2) is 5.71. The molecule has 0 bridgehead atoms. The van der Waals surface area contributed by atoms with Gasteiger partial charge in [-0.1, -0.05) is 24.6 Å². The van der Waals surface area contributed by atoms with E-state index in [-0.39, 0.29) is 5.91 Å². The summed E-state index contributed by atoms with van der Waals surface area (Å²) in [5.41, 5.74) is 0.928. The van der Waals surface area contributed by atoms with Gasteiger partial charge >= 0.3 is 0 Å². The number of hydrogen-bond donors (Lipinski definition) is 1. The highest BCUT2D eigenvalue weighted by molar-refractivity contribution is 6.32. The molecular formula is C11H15ClN2O. The molecule has 1 aliphatic heterocycles. The van der Waals surface area contributed by atoms with E-state index in [2.05, 4.69) is 10.3 Å². The molecule has 1 heterocycles. The van der Waals surface area contributed by atoms with Gasteiger partial charge in [-0.05, 0) is 19.8 Å². The minimum atomic E-state index is 0.000292. The second-order valence-electron chi connectivity index (χ2n) is 3.33. The Morgan fingerprint density at radius 2 is 2.33 bits per heavy atom. The van der Waals surface area contributed by atoms with Crippen LogP contribution in [0.4, 0.5) is 0 Å². The van der Waals surface area contributed by atoms with E-state index in [4.69, 9.17) is 11.6 Å². The van der Waals surface area contributed by atoms with Crippen molar-refractivity contribution in [3.05, 3.63) is 22.9 Å². The first-order valence-corrected chi connectivity index (χ1v) is 5.41. The van der Waals surface area contributed by atoms with Crippen LogP contribution in [0.3, 0.4) is 0 Å². The van der Waals surface area contributed by atoms with Gasteiger partial charge in [-0.15, -0.1) is 0 Å². The highest BCUT2D eigenvalue weighted by atomic mass is 35.5. The summed E-state index contributed by atoms with van der Waals surface area (Å²) >= 11 is 5.94. The largest absolute Gasteiger partial charge is 0.310 e. The fourth-order valence-electron chi connectivity index (χ4n) is 1.31. The lowest BCUT2D eigenvalue weighted by Gasteiger charge is -2.18. The van der Waals surface area contributed by atoms with Gasteiger partial charge in [0.05, 0.1) is 0 Å². The first-order valence-electron chi connectivity index (χ1n) is 5.03. The van der Waals surface area contributed by atoms with Crippen molar-refractivity contribution in [3.63, 3.8) is 0 Å². The fourth-order valence-corrected chi connectivity index (χ4v) is 1.49.